The average Bonchev–Trinajstić information content (AvgIpc) is 2.64. The molecule has 0 saturated carbocycles. The molecule has 0 saturated heterocycles. The Hall–Kier alpha value is -2.74. The summed E-state index contributed by atoms with van der Waals surface area (Å²) >= 11 is 6.01. The number of anilines is 3. The van der Waals surface area contributed by atoms with Crippen molar-refractivity contribution >= 4 is 34.6 Å². The molecule has 9 heteroatoms. The van der Waals surface area contributed by atoms with E-state index in [4.69, 9.17) is 11.6 Å². The number of allylic oxidation sites excluding steroid dienone is 1. The first-order valence-corrected chi connectivity index (χ1v) is 8.81. The third-order valence-electron chi connectivity index (χ3n) is 4.14. The topological polar surface area (TPSA) is 106 Å². The largest absolute Gasteiger partial charge is 0.364 e. The quantitative estimate of drug-likeness (QED) is 0.318. The van der Waals surface area contributed by atoms with Crippen LogP contribution < -0.4 is 10.6 Å². The van der Waals surface area contributed by atoms with E-state index in [1.54, 1.807) is 12.1 Å². The number of nitrogens with one attached hydrogen (secondary N) is 2. The second kappa shape index (κ2) is 8.57. The summed E-state index contributed by atoms with van der Waals surface area (Å²) in [6.45, 7) is 0.580. The van der Waals surface area contributed by atoms with Gasteiger partial charge in [0, 0.05) is 12.7 Å². The lowest BCUT2D eigenvalue weighted by Crippen LogP contribution is -2.10. The summed E-state index contributed by atoms with van der Waals surface area (Å²) in [6.07, 6.45) is 10.6. The number of halogens is 1. The van der Waals surface area contributed by atoms with Gasteiger partial charge >= 0.3 is 5.69 Å². The summed E-state index contributed by atoms with van der Waals surface area (Å²) in [5.41, 5.74) is 1.61. The lowest BCUT2D eigenvalue weighted by molar-refractivity contribution is -0.383. The zero-order valence-corrected chi connectivity index (χ0v) is 14.9. The van der Waals surface area contributed by atoms with Crippen LogP contribution in [0.2, 0.25) is 5.15 Å². The summed E-state index contributed by atoms with van der Waals surface area (Å²) in [4.78, 5) is 23.0. The fraction of sp³-hybridized carbons (Fsp3) is 0.353. The average molecular weight is 375 g/mol. The van der Waals surface area contributed by atoms with Crippen LogP contribution in [0.4, 0.5) is 23.0 Å². The van der Waals surface area contributed by atoms with Crippen molar-refractivity contribution in [2.45, 2.75) is 32.1 Å². The van der Waals surface area contributed by atoms with Crippen LogP contribution in [0.15, 0.2) is 36.3 Å². The molecule has 0 unspecified atom stereocenters. The molecule has 0 radical (unpaired) electrons. The Morgan fingerprint density at radius 3 is 2.81 bits per heavy atom. The van der Waals surface area contributed by atoms with Gasteiger partial charge in [0.1, 0.15) is 6.33 Å². The van der Waals surface area contributed by atoms with Crippen LogP contribution in [0.25, 0.3) is 0 Å². The van der Waals surface area contributed by atoms with E-state index in [0.717, 1.165) is 19.3 Å². The standard InChI is InChI=1S/C17H19ClN6O2/c18-15-13(7-4-9-19-15)23-17-14(24(25)26)16(21-11-22-17)20-10-8-12-5-2-1-3-6-12/h4-5,7,9,11H,1-3,6,8,10H2,(H2,20,21,22,23). The smallest absolute Gasteiger partial charge is 0.353 e. The molecule has 2 aromatic rings. The highest BCUT2D eigenvalue weighted by molar-refractivity contribution is 6.32. The number of nitrogens with zero attached hydrogens (tertiary/aromatic N) is 4. The van der Waals surface area contributed by atoms with Gasteiger partial charge in [-0.25, -0.2) is 15.0 Å². The van der Waals surface area contributed by atoms with E-state index < -0.39 is 4.92 Å². The van der Waals surface area contributed by atoms with Gasteiger partial charge in [-0.1, -0.05) is 23.3 Å². The second-order valence-corrected chi connectivity index (χ2v) is 6.29. The van der Waals surface area contributed by atoms with Gasteiger partial charge in [-0.05, 0) is 44.2 Å². The van der Waals surface area contributed by atoms with Crippen molar-refractivity contribution in [3.05, 3.63) is 51.6 Å². The number of rotatable bonds is 7. The van der Waals surface area contributed by atoms with E-state index in [1.807, 2.05) is 0 Å². The van der Waals surface area contributed by atoms with Crippen LogP contribution in [-0.2, 0) is 0 Å². The minimum atomic E-state index is -0.505. The zero-order chi connectivity index (χ0) is 18.4. The monoisotopic (exact) mass is 374 g/mol. The maximum atomic E-state index is 11.6. The maximum absolute atomic E-state index is 11.6. The van der Waals surface area contributed by atoms with Gasteiger partial charge in [-0.2, -0.15) is 0 Å². The molecule has 8 nitrogen and oxygen atoms in total. The normalized spacial score (nSPS) is 13.8. The Kier molecular flexibility index (Phi) is 5.96. The van der Waals surface area contributed by atoms with Gasteiger partial charge in [0.2, 0.25) is 11.6 Å². The second-order valence-electron chi connectivity index (χ2n) is 5.93. The molecule has 0 amide bonds. The van der Waals surface area contributed by atoms with Gasteiger partial charge < -0.3 is 10.6 Å². The molecule has 3 rings (SSSR count). The summed E-state index contributed by atoms with van der Waals surface area (Å²) in [5.74, 6) is 0.253. The molecule has 26 heavy (non-hydrogen) atoms. The lowest BCUT2D eigenvalue weighted by Gasteiger charge is -2.14. The fourth-order valence-corrected chi connectivity index (χ4v) is 3.02. The highest BCUT2D eigenvalue weighted by atomic mass is 35.5. The lowest BCUT2D eigenvalue weighted by atomic mass is 9.97. The molecule has 1 aliphatic carbocycles. The van der Waals surface area contributed by atoms with E-state index >= 15 is 0 Å². The number of pyridine rings is 1. The molecular formula is C17H19ClN6O2. The first-order valence-electron chi connectivity index (χ1n) is 8.44. The Bertz CT molecular complexity index is 827. The molecule has 0 bridgehead atoms. The highest BCUT2D eigenvalue weighted by Crippen LogP contribution is 2.32. The molecule has 0 aliphatic heterocycles. The third-order valence-corrected chi connectivity index (χ3v) is 4.44. The van der Waals surface area contributed by atoms with E-state index in [1.165, 1.54) is 30.9 Å². The van der Waals surface area contributed by atoms with Crippen LogP contribution in [-0.4, -0.2) is 26.4 Å². The third kappa shape index (κ3) is 4.45. The predicted octanol–water partition coefficient (Wildman–Crippen LogP) is 4.48. The molecule has 0 fully saturated rings. The molecule has 2 aromatic heterocycles. The van der Waals surface area contributed by atoms with Crippen LogP contribution in [0.5, 0.6) is 0 Å². The SMILES string of the molecule is O=[N+]([O-])c1c(NCCC2=CCCCC2)ncnc1Nc1cccnc1Cl. The Morgan fingerprint density at radius 1 is 1.23 bits per heavy atom. The summed E-state index contributed by atoms with van der Waals surface area (Å²) in [6, 6.07) is 3.35. The molecule has 0 atom stereocenters. The summed E-state index contributed by atoms with van der Waals surface area (Å²) < 4.78 is 0. The van der Waals surface area contributed by atoms with Crippen LogP contribution in [0, 0.1) is 10.1 Å². The molecule has 0 aromatic carbocycles. The van der Waals surface area contributed by atoms with E-state index in [-0.39, 0.29) is 22.5 Å². The van der Waals surface area contributed by atoms with Crippen molar-refractivity contribution in [1.29, 1.82) is 0 Å². The van der Waals surface area contributed by atoms with Crippen LogP contribution in [0.1, 0.15) is 32.1 Å². The molecule has 136 valence electrons. The van der Waals surface area contributed by atoms with Crippen molar-refractivity contribution in [3.63, 3.8) is 0 Å². The van der Waals surface area contributed by atoms with Gasteiger partial charge in [-0.3, -0.25) is 10.1 Å². The van der Waals surface area contributed by atoms with Crippen molar-refractivity contribution < 1.29 is 4.92 Å². The predicted molar refractivity (Wildman–Crippen MR) is 101 cm³/mol. The zero-order valence-electron chi connectivity index (χ0n) is 14.1. The maximum Gasteiger partial charge on any atom is 0.353 e. The Morgan fingerprint density at radius 2 is 2.08 bits per heavy atom. The number of hydrogen-bond acceptors (Lipinski definition) is 7. The minimum Gasteiger partial charge on any atom is -0.364 e. The summed E-state index contributed by atoms with van der Waals surface area (Å²) in [5, 5.41) is 17.7. The molecule has 2 N–H and O–H groups in total. The van der Waals surface area contributed by atoms with Gasteiger partial charge in [-0.15, -0.1) is 0 Å². The van der Waals surface area contributed by atoms with Crippen molar-refractivity contribution in [3.8, 4) is 0 Å². The van der Waals surface area contributed by atoms with Crippen molar-refractivity contribution in [1.82, 2.24) is 15.0 Å². The molecule has 2 heterocycles. The Labute approximate surface area is 155 Å². The van der Waals surface area contributed by atoms with E-state index in [0.29, 0.717) is 12.2 Å². The fourth-order valence-electron chi connectivity index (χ4n) is 2.85. The minimum absolute atomic E-state index is 0.0688. The van der Waals surface area contributed by atoms with Crippen LogP contribution in [0.3, 0.4) is 0 Å². The Balaban J connectivity index is 1.76. The molecule has 1 aliphatic rings. The highest BCUT2D eigenvalue weighted by Gasteiger charge is 2.23. The number of nitro groups is 1. The van der Waals surface area contributed by atoms with Crippen molar-refractivity contribution in [2.24, 2.45) is 0 Å². The van der Waals surface area contributed by atoms with E-state index in [2.05, 4.69) is 31.7 Å². The van der Waals surface area contributed by atoms with Gasteiger partial charge in [0.15, 0.2) is 5.15 Å². The number of aromatic nitrogens is 3. The van der Waals surface area contributed by atoms with E-state index in [9.17, 15) is 10.1 Å². The van der Waals surface area contributed by atoms with Crippen molar-refractivity contribution in [2.75, 3.05) is 17.2 Å². The molecule has 0 spiro atoms. The first kappa shape index (κ1) is 18.1. The van der Waals surface area contributed by atoms with Gasteiger partial charge in [0.05, 0.1) is 10.6 Å². The van der Waals surface area contributed by atoms with Crippen LogP contribution >= 0.6 is 11.6 Å². The van der Waals surface area contributed by atoms with Gasteiger partial charge in [0.25, 0.3) is 0 Å². The first-order chi connectivity index (χ1) is 12.6. The number of hydrogen-bond donors (Lipinski definition) is 2. The molecular weight excluding hydrogens is 356 g/mol. The summed E-state index contributed by atoms with van der Waals surface area (Å²) in [7, 11) is 0.